The second-order valence-electron chi connectivity index (χ2n) is 8.57. The molecule has 1 aliphatic carbocycles. The molecule has 0 fully saturated rings. The van der Waals surface area contributed by atoms with Crippen LogP contribution in [0.25, 0.3) is 21.3 Å². The Morgan fingerprint density at radius 2 is 1.94 bits per heavy atom. The maximum absolute atomic E-state index is 13.4. The number of thiophene rings is 2. The fourth-order valence-electron chi connectivity index (χ4n) is 4.53. The molecule has 7 nitrogen and oxygen atoms in total. The van der Waals surface area contributed by atoms with Crippen molar-refractivity contribution < 1.29 is 14.3 Å². The number of rotatable bonds is 6. The van der Waals surface area contributed by atoms with Gasteiger partial charge >= 0.3 is 5.97 Å². The quantitative estimate of drug-likeness (QED) is 0.310. The number of anilines is 1. The molecule has 1 amide bonds. The number of hydrogen-bond donors (Lipinski definition) is 1. The Balaban J connectivity index is 1.46. The number of ether oxygens (including phenoxy) is 1. The van der Waals surface area contributed by atoms with Crippen LogP contribution in [0.5, 0.6) is 0 Å². The largest absolute Gasteiger partial charge is 0.462 e. The summed E-state index contributed by atoms with van der Waals surface area (Å²) in [6.45, 7) is 3.47. The third kappa shape index (κ3) is 4.58. The molecule has 0 atom stereocenters. The minimum Gasteiger partial charge on any atom is -0.462 e. The predicted molar refractivity (Wildman–Crippen MR) is 145 cm³/mol. The minimum absolute atomic E-state index is 0.189. The van der Waals surface area contributed by atoms with E-state index in [1.807, 2.05) is 12.1 Å². The fraction of sp³-hybridized carbons (Fsp3) is 0.308. The van der Waals surface area contributed by atoms with Gasteiger partial charge in [-0.05, 0) is 62.8 Å². The lowest BCUT2D eigenvalue weighted by molar-refractivity contribution is -0.116. The zero-order chi connectivity index (χ0) is 25.4. The molecular weight excluding hydrogens is 518 g/mol. The highest BCUT2D eigenvalue weighted by atomic mass is 35.5. The number of hydrogen-bond acceptors (Lipinski definition) is 7. The second-order valence-corrected chi connectivity index (χ2v) is 11.0. The molecule has 1 aromatic carbocycles. The number of aromatic nitrogens is 2. The lowest BCUT2D eigenvalue weighted by atomic mass is 9.97. The third-order valence-electron chi connectivity index (χ3n) is 6.25. The summed E-state index contributed by atoms with van der Waals surface area (Å²) >= 11 is 8.84. The molecule has 10 heteroatoms. The molecule has 0 saturated heterocycles. The van der Waals surface area contributed by atoms with Gasteiger partial charge in [-0.1, -0.05) is 23.7 Å². The number of esters is 1. The second kappa shape index (κ2) is 10.2. The van der Waals surface area contributed by atoms with Gasteiger partial charge in [0.15, 0.2) is 0 Å². The van der Waals surface area contributed by atoms with Gasteiger partial charge in [0.2, 0.25) is 5.91 Å². The molecule has 0 aliphatic heterocycles. The maximum atomic E-state index is 13.4. The monoisotopic (exact) mass is 541 g/mol. The molecule has 4 aromatic rings. The number of nitrogens with zero attached hydrogens (tertiary/aromatic N) is 2. The number of amides is 1. The highest BCUT2D eigenvalue weighted by Gasteiger charge is 2.25. The van der Waals surface area contributed by atoms with E-state index in [9.17, 15) is 14.4 Å². The molecule has 36 heavy (non-hydrogen) atoms. The molecule has 0 radical (unpaired) electrons. The van der Waals surface area contributed by atoms with Gasteiger partial charge in [0, 0.05) is 20.8 Å². The number of carbonyl (C=O) groups is 2. The van der Waals surface area contributed by atoms with Crippen molar-refractivity contribution in [2.24, 2.45) is 0 Å². The third-order valence-corrected chi connectivity index (χ3v) is 8.58. The molecule has 0 spiro atoms. The van der Waals surface area contributed by atoms with Crippen LogP contribution in [0, 0.1) is 6.92 Å². The van der Waals surface area contributed by atoms with Gasteiger partial charge in [-0.2, -0.15) is 0 Å². The summed E-state index contributed by atoms with van der Waals surface area (Å²) in [4.78, 5) is 46.0. The number of carbonyl (C=O) groups excluding carboxylic acids is 2. The van der Waals surface area contributed by atoms with Crippen LogP contribution in [0.4, 0.5) is 5.00 Å². The van der Waals surface area contributed by atoms with E-state index in [1.54, 1.807) is 42.7 Å². The summed E-state index contributed by atoms with van der Waals surface area (Å²) in [6, 6.07) is 7.10. The standard InChI is InChI=1S/C26H24ClN3O4S2/c1-3-34-26(33)22-18(15-8-10-16(27)11-9-15)13-35-23(22)29-20(31)12-30-14(2)28-24-21(25(30)32)17-6-4-5-7-19(17)36-24/h8-11,13H,3-7,12H2,1-2H3,(H,29,31). The summed E-state index contributed by atoms with van der Waals surface area (Å²) in [5.74, 6) is -0.458. The van der Waals surface area contributed by atoms with Gasteiger partial charge in [-0.15, -0.1) is 22.7 Å². The molecule has 1 N–H and O–H groups in total. The van der Waals surface area contributed by atoms with E-state index >= 15 is 0 Å². The van der Waals surface area contributed by atoms with Gasteiger partial charge in [-0.25, -0.2) is 9.78 Å². The summed E-state index contributed by atoms with van der Waals surface area (Å²) in [5.41, 5.74) is 2.60. The maximum Gasteiger partial charge on any atom is 0.341 e. The summed E-state index contributed by atoms with van der Waals surface area (Å²) < 4.78 is 6.68. The molecular formula is C26H24ClN3O4S2. The summed E-state index contributed by atoms with van der Waals surface area (Å²) in [5, 5.41) is 6.22. The van der Waals surface area contributed by atoms with Crippen molar-refractivity contribution in [3.63, 3.8) is 0 Å². The first-order chi connectivity index (χ1) is 17.4. The van der Waals surface area contributed by atoms with Crippen molar-refractivity contribution in [3.8, 4) is 11.1 Å². The SMILES string of the molecule is CCOC(=O)c1c(-c2ccc(Cl)cc2)csc1NC(=O)Cn1c(C)nc2sc3c(c2c1=O)CCCC3. The lowest BCUT2D eigenvalue weighted by Crippen LogP contribution is -2.30. The normalized spacial score (nSPS) is 13.0. The Labute approximate surface area is 220 Å². The number of benzene rings is 1. The van der Waals surface area contributed by atoms with Crippen LogP contribution in [0.3, 0.4) is 0 Å². The van der Waals surface area contributed by atoms with Crippen LogP contribution in [0.2, 0.25) is 5.02 Å². The number of halogens is 1. The van der Waals surface area contributed by atoms with Crippen molar-refractivity contribution in [3.05, 3.63) is 66.9 Å². The van der Waals surface area contributed by atoms with E-state index in [0.29, 0.717) is 26.8 Å². The van der Waals surface area contributed by atoms with Gasteiger partial charge in [0.05, 0.1) is 12.0 Å². The molecule has 3 heterocycles. The van der Waals surface area contributed by atoms with E-state index in [-0.39, 0.29) is 24.3 Å². The fourth-order valence-corrected chi connectivity index (χ4v) is 6.93. The van der Waals surface area contributed by atoms with Crippen LogP contribution in [-0.4, -0.2) is 28.0 Å². The Morgan fingerprint density at radius 3 is 2.69 bits per heavy atom. The number of nitrogens with one attached hydrogen (secondary N) is 1. The highest BCUT2D eigenvalue weighted by molar-refractivity contribution is 7.18. The Morgan fingerprint density at radius 1 is 1.19 bits per heavy atom. The molecule has 0 bridgehead atoms. The molecule has 3 aromatic heterocycles. The van der Waals surface area contributed by atoms with Crippen LogP contribution < -0.4 is 10.9 Å². The van der Waals surface area contributed by atoms with Crippen molar-refractivity contribution in [1.29, 1.82) is 0 Å². The van der Waals surface area contributed by atoms with Gasteiger partial charge in [-0.3, -0.25) is 14.2 Å². The lowest BCUT2D eigenvalue weighted by Gasteiger charge is -2.12. The zero-order valence-electron chi connectivity index (χ0n) is 19.9. The summed E-state index contributed by atoms with van der Waals surface area (Å²) in [7, 11) is 0. The van der Waals surface area contributed by atoms with Crippen molar-refractivity contribution >= 4 is 61.4 Å². The Bertz CT molecular complexity index is 1540. The average Bonchev–Trinajstić information content (AvgIpc) is 3.43. The van der Waals surface area contributed by atoms with E-state index in [1.165, 1.54) is 20.8 Å². The van der Waals surface area contributed by atoms with Crippen LogP contribution >= 0.6 is 34.3 Å². The molecule has 1 aliphatic rings. The van der Waals surface area contributed by atoms with Gasteiger partial charge < -0.3 is 10.1 Å². The molecule has 0 unspecified atom stereocenters. The highest BCUT2D eigenvalue weighted by Crippen LogP contribution is 2.37. The smallest absolute Gasteiger partial charge is 0.341 e. The first kappa shape index (κ1) is 24.7. The van der Waals surface area contributed by atoms with Crippen LogP contribution in [-0.2, 0) is 28.9 Å². The molecule has 5 rings (SSSR count). The zero-order valence-corrected chi connectivity index (χ0v) is 22.2. The number of aryl methyl sites for hydroxylation is 3. The first-order valence-electron chi connectivity index (χ1n) is 11.7. The van der Waals surface area contributed by atoms with Crippen molar-refractivity contribution in [2.75, 3.05) is 11.9 Å². The van der Waals surface area contributed by atoms with E-state index in [0.717, 1.165) is 41.6 Å². The molecule has 0 saturated carbocycles. The summed E-state index contributed by atoms with van der Waals surface area (Å²) in [6.07, 6.45) is 4.02. The Hall–Kier alpha value is -3.01. The first-order valence-corrected chi connectivity index (χ1v) is 13.8. The van der Waals surface area contributed by atoms with Crippen molar-refractivity contribution in [2.45, 2.75) is 46.1 Å². The van der Waals surface area contributed by atoms with Crippen LogP contribution in [0.15, 0.2) is 34.4 Å². The number of fused-ring (bicyclic) bond motifs is 3. The van der Waals surface area contributed by atoms with E-state index in [4.69, 9.17) is 16.3 Å². The average molecular weight is 542 g/mol. The molecule has 186 valence electrons. The Kier molecular flexibility index (Phi) is 6.96. The minimum atomic E-state index is -0.527. The van der Waals surface area contributed by atoms with E-state index < -0.39 is 11.9 Å². The van der Waals surface area contributed by atoms with Gasteiger partial charge in [0.25, 0.3) is 5.56 Å². The van der Waals surface area contributed by atoms with Gasteiger partial charge in [0.1, 0.15) is 27.8 Å². The van der Waals surface area contributed by atoms with E-state index in [2.05, 4.69) is 10.3 Å². The van der Waals surface area contributed by atoms with Crippen molar-refractivity contribution in [1.82, 2.24) is 9.55 Å². The predicted octanol–water partition coefficient (Wildman–Crippen LogP) is 5.84. The topological polar surface area (TPSA) is 90.3 Å². The van der Waals surface area contributed by atoms with Crippen LogP contribution in [0.1, 0.15) is 46.4 Å².